The molecule has 0 amide bonds. The van der Waals surface area contributed by atoms with Gasteiger partial charge in [-0.2, -0.15) is 0 Å². The molecule has 2 aromatic rings. The number of aromatic amines is 1. The second kappa shape index (κ2) is 4.12. The Morgan fingerprint density at radius 3 is 2.40 bits per heavy atom. The van der Waals surface area contributed by atoms with Gasteiger partial charge >= 0.3 is 0 Å². The van der Waals surface area contributed by atoms with Crippen LogP contribution in [0.15, 0.2) is 12.1 Å². The first-order valence-corrected chi connectivity index (χ1v) is 8.17. The Kier molecular flexibility index (Phi) is 2.72. The first-order valence-electron chi connectivity index (χ1n) is 6.28. The monoisotopic (exact) mass is 296 g/mol. The van der Waals surface area contributed by atoms with E-state index in [-0.39, 0.29) is 0 Å². The normalized spacial score (nSPS) is 15.6. The summed E-state index contributed by atoms with van der Waals surface area (Å²) in [7, 11) is -3.28. The van der Waals surface area contributed by atoms with Crippen molar-refractivity contribution in [1.82, 2.24) is 9.97 Å². The van der Waals surface area contributed by atoms with Gasteiger partial charge in [0.25, 0.3) is 0 Å². The molecule has 3 rings (SSSR count). The first-order chi connectivity index (χ1) is 9.29. The predicted molar refractivity (Wildman–Crippen MR) is 75.0 cm³/mol. The number of hydrogen-bond acceptors (Lipinski definition) is 5. The van der Waals surface area contributed by atoms with Crippen molar-refractivity contribution in [1.29, 1.82) is 0 Å². The average molecular weight is 296 g/mol. The summed E-state index contributed by atoms with van der Waals surface area (Å²) < 4.78 is 33.7. The minimum Gasteiger partial charge on any atom is -0.486 e. The fourth-order valence-electron chi connectivity index (χ4n) is 2.01. The van der Waals surface area contributed by atoms with E-state index in [1.165, 1.54) is 6.26 Å². The number of hydrogen-bond donors (Lipinski definition) is 1. The molecular formula is C13H16N2O4S. The Balaban J connectivity index is 2.16. The zero-order chi connectivity index (χ0) is 14.5. The number of nitrogens with zero attached hydrogens (tertiary/aromatic N) is 1. The molecule has 0 fully saturated rings. The lowest BCUT2D eigenvalue weighted by atomic mass is 10.2. The summed E-state index contributed by atoms with van der Waals surface area (Å²) in [6, 6.07) is 3.56. The Hall–Kier alpha value is -1.76. The van der Waals surface area contributed by atoms with Gasteiger partial charge < -0.3 is 14.5 Å². The number of fused-ring (bicyclic) bond motifs is 2. The summed E-state index contributed by atoms with van der Waals surface area (Å²) in [4.78, 5) is 7.46. The Morgan fingerprint density at radius 1 is 1.20 bits per heavy atom. The van der Waals surface area contributed by atoms with Crippen molar-refractivity contribution < 1.29 is 17.9 Å². The molecule has 0 bridgehead atoms. The lowest BCUT2D eigenvalue weighted by Gasteiger charge is -2.19. The van der Waals surface area contributed by atoms with Crippen LogP contribution in [0.2, 0.25) is 0 Å². The summed E-state index contributed by atoms with van der Waals surface area (Å²) in [5.74, 6) is 1.70. The van der Waals surface area contributed by atoms with Gasteiger partial charge in [0, 0.05) is 18.4 Å². The van der Waals surface area contributed by atoms with Gasteiger partial charge in [0.05, 0.1) is 11.0 Å². The Morgan fingerprint density at radius 2 is 1.80 bits per heavy atom. The van der Waals surface area contributed by atoms with Crippen molar-refractivity contribution >= 4 is 20.9 Å². The highest BCUT2D eigenvalue weighted by atomic mass is 32.2. The number of sulfone groups is 1. The molecule has 0 aliphatic carbocycles. The molecule has 1 aliphatic rings. The number of rotatable bonds is 2. The largest absolute Gasteiger partial charge is 0.486 e. The topological polar surface area (TPSA) is 81.3 Å². The lowest BCUT2D eigenvalue weighted by molar-refractivity contribution is 0.172. The SMILES string of the molecule is CC(C)(c1nc2cc3c(cc2[nH]1)OCCO3)S(C)(=O)=O. The van der Waals surface area contributed by atoms with E-state index in [0.717, 1.165) is 5.52 Å². The van der Waals surface area contributed by atoms with Crippen molar-refractivity contribution in [2.45, 2.75) is 18.6 Å². The summed E-state index contributed by atoms with van der Waals surface area (Å²) in [6.45, 7) is 4.28. The minimum absolute atomic E-state index is 0.414. The van der Waals surface area contributed by atoms with Crippen LogP contribution in [0.3, 0.4) is 0 Å². The third-order valence-corrected chi connectivity index (χ3v) is 5.69. The zero-order valence-electron chi connectivity index (χ0n) is 11.6. The van der Waals surface area contributed by atoms with Gasteiger partial charge in [-0.15, -0.1) is 0 Å². The third kappa shape index (κ3) is 1.93. The molecule has 1 N–H and O–H groups in total. The lowest BCUT2D eigenvalue weighted by Crippen LogP contribution is -2.29. The molecule has 6 nitrogen and oxygen atoms in total. The molecule has 0 saturated carbocycles. The van der Waals surface area contributed by atoms with Crippen molar-refractivity contribution in [2.75, 3.05) is 19.5 Å². The molecule has 20 heavy (non-hydrogen) atoms. The molecule has 0 saturated heterocycles. The number of ether oxygens (including phenoxy) is 2. The van der Waals surface area contributed by atoms with Crippen LogP contribution in [0.4, 0.5) is 0 Å². The highest BCUT2D eigenvalue weighted by molar-refractivity contribution is 7.91. The van der Waals surface area contributed by atoms with E-state index < -0.39 is 14.6 Å². The van der Waals surface area contributed by atoms with Crippen LogP contribution in [0, 0.1) is 0 Å². The van der Waals surface area contributed by atoms with Gasteiger partial charge in [0.15, 0.2) is 21.3 Å². The van der Waals surface area contributed by atoms with Crippen LogP contribution in [0.25, 0.3) is 11.0 Å². The van der Waals surface area contributed by atoms with E-state index in [4.69, 9.17) is 9.47 Å². The molecular weight excluding hydrogens is 280 g/mol. The van der Waals surface area contributed by atoms with Crippen molar-refractivity contribution in [2.24, 2.45) is 0 Å². The Bertz CT molecular complexity index is 734. The van der Waals surface area contributed by atoms with Crippen LogP contribution < -0.4 is 9.47 Å². The van der Waals surface area contributed by atoms with Crippen molar-refractivity contribution in [3.05, 3.63) is 18.0 Å². The van der Waals surface area contributed by atoms with Crippen LogP contribution in [-0.2, 0) is 14.6 Å². The summed E-state index contributed by atoms with van der Waals surface area (Å²) in [6.07, 6.45) is 1.21. The zero-order valence-corrected chi connectivity index (χ0v) is 12.4. The first kappa shape index (κ1) is 13.2. The molecule has 0 spiro atoms. The molecule has 1 aromatic carbocycles. The molecule has 7 heteroatoms. The summed E-state index contributed by atoms with van der Waals surface area (Å²) in [5, 5.41) is 0. The highest BCUT2D eigenvalue weighted by Crippen LogP contribution is 2.35. The number of aromatic nitrogens is 2. The van der Waals surface area contributed by atoms with E-state index in [1.54, 1.807) is 26.0 Å². The van der Waals surface area contributed by atoms with Gasteiger partial charge in [-0.1, -0.05) is 0 Å². The van der Waals surface area contributed by atoms with E-state index in [0.29, 0.717) is 36.1 Å². The van der Waals surface area contributed by atoms with Gasteiger partial charge in [-0.25, -0.2) is 13.4 Å². The molecule has 1 aliphatic heterocycles. The average Bonchev–Trinajstić information content (AvgIpc) is 2.77. The molecule has 0 radical (unpaired) electrons. The smallest absolute Gasteiger partial charge is 0.163 e. The van der Waals surface area contributed by atoms with E-state index >= 15 is 0 Å². The quantitative estimate of drug-likeness (QED) is 0.910. The molecule has 2 heterocycles. The number of benzene rings is 1. The van der Waals surface area contributed by atoms with Crippen LogP contribution in [0.1, 0.15) is 19.7 Å². The Labute approximate surface area is 117 Å². The summed E-state index contributed by atoms with van der Waals surface area (Å²) in [5.41, 5.74) is 1.40. The highest BCUT2D eigenvalue weighted by Gasteiger charge is 2.35. The van der Waals surface area contributed by atoms with Crippen LogP contribution in [0.5, 0.6) is 11.5 Å². The maximum absolute atomic E-state index is 11.9. The maximum atomic E-state index is 11.9. The number of H-pyrrole nitrogens is 1. The molecule has 0 unspecified atom stereocenters. The van der Waals surface area contributed by atoms with E-state index in [2.05, 4.69) is 9.97 Å². The van der Waals surface area contributed by atoms with E-state index in [9.17, 15) is 8.42 Å². The fraction of sp³-hybridized carbons (Fsp3) is 0.462. The number of nitrogens with one attached hydrogen (secondary N) is 1. The minimum atomic E-state index is -3.28. The van der Waals surface area contributed by atoms with Gasteiger partial charge in [-0.3, -0.25) is 0 Å². The predicted octanol–water partition coefficient (Wildman–Crippen LogP) is 1.61. The summed E-state index contributed by atoms with van der Waals surface area (Å²) >= 11 is 0. The molecule has 108 valence electrons. The fourth-order valence-corrected chi connectivity index (χ4v) is 2.46. The van der Waals surface area contributed by atoms with Gasteiger partial charge in [0.1, 0.15) is 23.8 Å². The molecule has 0 atom stereocenters. The van der Waals surface area contributed by atoms with Crippen molar-refractivity contribution in [3.63, 3.8) is 0 Å². The number of imidazole rings is 1. The second-order valence-corrected chi connectivity index (χ2v) is 7.95. The standard InChI is InChI=1S/C13H16N2O4S/c1-13(2,20(3,16)17)12-14-8-6-10-11(7-9(8)15-12)19-5-4-18-10/h6-7H,4-5H2,1-3H3,(H,14,15). The van der Waals surface area contributed by atoms with Crippen LogP contribution >= 0.6 is 0 Å². The van der Waals surface area contributed by atoms with Gasteiger partial charge in [0.2, 0.25) is 0 Å². The van der Waals surface area contributed by atoms with Crippen molar-refractivity contribution in [3.8, 4) is 11.5 Å². The van der Waals surface area contributed by atoms with Gasteiger partial charge in [-0.05, 0) is 13.8 Å². The molecule has 1 aromatic heterocycles. The van der Waals surface area contributed by atoms with Crippen LogP contribution in [-0.4, -0.2) is 37.9 Å². The van der Waals surface area contributed by atoms with E-state index in [1.807, 2.05) is 0 Å². The second-order valence-electron chi connectivity index (χ2n) is 5.38. The maximum Gasteiger partial charge on any atom is 0.163 e. The third-order valence-electron chi connectivity index (χ3n) is 3.64.